The molecule has 0 spiro atoms. The Morgan fingerprint density at radius 2 is 1.95 bits per heavy atom. The number of sulfonamides is 1. The van der Waals surface area contributed by atoms with E-state index < -0.39 is 10.0 Å². The quantitative estimate of drug-likeness (QED) is 0.832. The minimum atomic E-state index is -3.95. The van der Waals surface area contributed by atoms with Crippen LogP contribution < -0.4 is 9.46 Å². The van der Waals surface area contributed by atoms with Gasteiger partial charge in [0.25, 0.3) is 10.0 Å². The monoisotopic (exact) mass is 411 g/mol. The number of benzene rings is 1. The molecule has 0 amide bonds. The minimum absolute atomic E-state index is 0.0255. The van der Waals surface area contributed by atoms with Crippen molar-refractivity contribution in [3.05, 3.63) is 39.2 Å². The molecule has 0 saturated heterocycles. The van der Waals surface area contributed by atoms with Crippen LogP contribution in [0.5, 0.6) is 5.75 Å². The van der Waals surface area contributed by atoms with Crippen molar-refractivity contribution < 1.29 is 13.2 Å². The van der Waals surface area contributed by atoms with E-state index in [0.717, 1.165) is 0 Å². The fourth-order valence-corrected chi connectivity index (χ4v) is 3.97. The SMILES string of the molecule is COc1c(Br)cc(Cl)cc1S(=O)(=O)Nc1cnc(Cl)cn1. The minimum Gasteiger partial charge on any atom is -0.494 e. The Bertz CT molecular complexity index is 769. The van der Waals surface area contributed by atoms with Crippen molar-refractivity contribution in [3.63, 3.8) is 0 Å². The van der Waals surface area contributed by atoms with Gasteiger partial charge in [0.05, 0.1) is 24.0 Å². The molecule has 0 atom stereocenters. The van der Waals surface area contributed by atoms with Crippen LogP contribution in [0.2, 0.25) is 10.2 Å². The summed E-state index contributed by atoms with van der Waals surface area (Å²) in [6.07, 6.45) is 2.43. The highest BCUT2D eigenvalue weighted by Crippen LogP contribution is 2.35. The van der Waals surface area contributed by atoms with E-state index in [1.165, 1.54) is 31.6 Å². The summed E-state index contributed by atoms with van der Waals surface area (Å²) >= 11 is 14.7. The second-order valence-corrected chi connectivity index (χ2v) is 7.08. The number of nitrogens with zero attached hydrogens (tertiary/aromatic N) is 2. The molecular formula is C11H8BrCl2N3O3S. The van der Waals surface area contributed by atoms with Crippen LogP contribution in [0.15, 0.2) is 33.9 Å². The van der Waals surface area contributed by atoms with Gasteiger partial charge in [-0.3, -0.25) is 4.72 Å². The summed E-state index contributed by atoms with van der Waals surface area (Å²) in [5.74, 6) is 0.159. The summed E-state index contributed by atoms with van der Waals surface area (Å²) in [7, 11) is -2.59. The van der Waals surface area contributed by atoms with E-state index in [1.807, 2.05) is 0 Å². The van der Waals surface area contributed by atoms with Crippen LogP contribution in [0.3, 0.4) is 0 Å². The Morgan fingerprint density at radius 1 is 1.24 bits per heavy atom. The number of anilines is 1. The van der Waals surface area contributed by atoms with E-state index in [2.05, 4.69) is 30.6 Å². The fraction of sp³-hybridized carbons (Fsp3) is 0.0909. The first-order valence-corrected chi connectivity index (χ1v) is 8.40. The zero-order valence-corrected chi connectivity index (χ0v) is 14.4. The predicted molar refractivity (Wildman–Crippen MR) is 83.6 cm³/mol. The third-order valence-corrected chi connectivity index (χ3v) is 4.69. The van der Waals surface area contributed by atoms with E-state index in [-0.39, 0.29) is 26.6 Å². The third kappa shape index (κ3) is 3.76. The van der Waals surface area contributed by atoms with Gasteiger partial charge in [-0.05, 0) is 28.1 Å². The molecule has 0 bridgehead atoms. The summed E-state index contributed by atoms with van der Waals surface area (Å²) in [5.41, 5.74) is 0. The molecule has 0 unspecified atom stereocenters. The Hall–Kier alpha value is -1.09. The van der Waals surface area contributed by atoms with Crippen LogP contribution in [-0.2, 0) is 10.0 Å². The highest BCUT2D eigenvalue weighted by molar-refractivity contribution is 9.10. The Labute approximate surface area is 139 Å². The van der Waals surface area contributed by atoms with Crippen molar-refractivity contribution in [2.75, 3.05) is 11.8 Å². The molecule has 0 radical (unpaired) electrons. The number of hydrogen-bond acceptors (Lipinski definition) is 5. The number of aromatic nitrogens is 2. The molecule has 1 N–H and O–H groups in total. The Morgan fingerprint density at radius 3 is 2.52 bits per heavy atom. The lowest BCUT2D eigenvalue weighted by Crippen LogP contribution is -2.15. The van der Waals surface area contributed by atoms with Crippen LogP contribution in [0.1, 0.15) is 0 Å². The average Bonchev–Trinajstić information content (AvgIpc) is 2.40. The smallest absolute Gasteiger partial charge is 0.266 e. The third-order valence-electron chi connectivity index (χ3n) is 2.33. The van der Waals surface area contributed by atoms with Gasteiger partial charge in [0.2, 0.25) is 0 Å². The van der Waals surface area contributed by atoms with Gasteiger partial charge in [-0.15, -0.1) is 0 Å². The molecule has 2 rings (SSSR count). The van der Waals surface area contributed by atoms with Crippen LogP contribution >= 0.6 is 39.1 Å². The maximum atomic E-state index is 12.4. The van der Waals surface area contributed by atoms with E-state index in [1.54, 1.807) is 0 Å². The first-order chi connectivity index (χ1) is 9.83. The van der Waals surface area contributed by atoms with Gasteiger partial charge in [-0.1, -0.05) is 23.2 Å². The Balaban J connectivity index is 2.46. The van der Waals surface area contributed by atoms with Crippen LogP contribution in [0.4, 0.5) is 5.82 Å². The van der Waals surface area contributed by atoms with Crippen LogP contribution in [0.25, 0.3) is 0 Å². The zero-order valence-electron chi connectivity index (χ0n) is 10.5. The lowest BCUT2D eigenvalue weighted by Gasteiger charge is -2.12. The maximum absolute atomic E-state index is 12.4. The topological polar surface area (TPSA) is 81.2 Å². The summed E-state index contributed by atoms with van der Waals surface area (Å²) in [5, 5.41) is 0.395. The highest BCUT2D eigenvalue weighted by Gasteiger charge is 2.23. The molecule has 2 aromatic rings. The van der Waals surface area contributed by atoms with Gasteiger partial charge in [-0.2, -0.15) is 0 Å². The van der Waals surface area contributed by atoms with Crippen molar-refractivity contribution in [1.29, 1.82) is 0 Å². The lowest BCUT2D eigenvalue weighted by atomic mass is 10.3. The van der Waals surface area contributed by atoms with Crippen LogP contribution in [-0.4, -0.2) is 25.5 Å². The van der Waals surface area contributed by atoms with Crippen molar-refractivity contribution in [3.8, 4) is 5.75 Å². The zero-order chi connectivity index (χ0) is 15.6. The normalized spacial score (nSPS) is 11.2. The molecule has 0 aliphatic rings. The summed E-state index contributed by atoms with van der Waals surface area (Å²) in [6, 6.07) is 2.80. The first kappa shape index (κ1) is 16.3. The van der Waals surface area contributed by atoms with E-state index in [9.17, 15) is 8.42 Å². The largest absolute Gasteiger partial charge is 0.494 e. The van der Waals surface area contributed by atoms with Gasteiger partial charge >= 0.3 is 0 Å². The predicted octanol–water partition coefficient (Wildman–Crippen LogP) is 3.36. The number of ether oxygens (including phenoxy) is 1. The number of hydrogen-bond donors (Lipinski definition) is 1. The Kier molecular flexibility index (Phi) is 4.92. The van der Waals surface area contributed by atoms with Crippen molar-refractivity contribution in [2.24, 2.45) is 0 Å². The van der Waals surface area contributed by atoms with Gasteiger partial charge < -0.3 is 4.74 Å². The van der Waals surface area contributed by atoms with Crippen LogP contribution in [0, 0.1) is 0 Å². The molecular weight excluding hydrogens is 405 g/mol. The van der Waals surface area contributed by atoms with Gasteiger partial charge in [-0.25, -0.2) is 18.4 Å². The lowest BCUT2D eigenvalue weighted by molar-refractivity contribution is 0.400. The van der Waals surface area contributed by atoms with E-state index >= 15 is 0 Å². The molecule has 1 aromatic heterocycles. The maximum Gasteiger partial charge on any atom is 0.266 e. The van der Waals surface area contributed by atoms with Gasteiger partial charge in [0.15, 0.2) is 11.6 Å². The second-order valence-electron chi connectivity index (χ2n) is 3.75. The molecule has 112 valence electrons. The van der Waals surface area contributed by atoms with Crippen molar-refractivity contribution in [1.82, 2.24) is 9.97 Å². The number of rotatable bonds is 4. The first-order valence-electron chi connectivity index (χ1n) is 5.37. The fourth-order valence-electron chi connectivity index (χ4n) is 1.49. The highest BCUT2D eigenvalue weighted by atomic mass is 79.9. The molecule has 21 heavy (non-hydrogen) atoms. The molecule has 1 heterocycles. The number of methoxy groups -OCH3 is 1. The molecule has 0 aliphatic heterocycles. The molecule has 0 fully saturated rings. The summed E-state index contributed by atoms with van der Waals surface area (Å²) in [4.78, 5) is 7.44. The van der Waals surface area contributed by atoms with Crippen molar-refractivity contribution >= 4 is 55.0 Å². The summed E-state index contributed by atoms with van der Waals surface area (Å²) < 4.78 is 32.6. The van der Waals surface area contributed by atoms with Gasteiger partial charge in [0, 0.05) is 5.02 Å². The molecule has 0 aliphatic carbocycles. The van der Waals surface area contributed by atoms with E-state index in [0.29, 0.717) is 4.47 Å². The second kappa shape index (κ2) is 6.35. The van der Waals surface area contributed by atoms with Gasteiger partial charge in [0.1, 0.15) is 10.0 Å². The molecule has 1 aromatic carbocycles. The molecule has 10 heteroatoms. The number of nitrogens with one attached hydrogen (secondary N) is 1. The average molecular weight is 413 g/mol. The summed E-state index contributed by atoms with van der Waals surface area (Å²) in [6.45, 7) is 0. The standard InChI is InChI=1S/C11H8BrCl2N3O3S/c1-20-11-7(12)2-6(13)3-8(11)21(18,19)17-10-5-15-9(14)4-16-10/h2-5H,1H3,(H,16,17). The number of halogens is 3. The van der Waals surface area contributed by atoms with E-state index in [4.69, 9.17) is 27.9 Å². The molecule has 0 saturated carbocycles. The molecule has 6 nitrogen and oxygen atoms in total. The van der Waals surface area contributed by atoms with Crippen molar-refractivity contribution in [2.45, 2.75) is 4.90 Å².